The zero-order valence-electron chi connectivity index (χ0n) is 11.3. The van der Waals surface area contributed by atoms with Crippen LogP contribution in [0.4, 0.5) is 0 Å². The summed E-state index contributed by atoms with van der Waals surface area (Å²) in [6.45, 7) is 0. The SMILES string of the molecule is COc1ccc(C[S@@](=O)CCCc2cn[nH]c2)cc1Cl. The Kier molecular flexibility index (Phi) is 5.61. The molecule has 4 nitrogen and oxygen atoms in total. The molecule has 0 aliphatic heterocycles. The van der Waals surface area contributed by atoms with E-state index < -0.39 is 10.8 Å². The Bertz CT molecular complexity index is 573. The van der Waals surface area contributed by atoms with Gasteiger partial charge in [-0.05, 0) is 36.1 Å². The number of methoxy groups -OCH3 is 1. The molecule has 1 aromatic carbocycles. The van der Waals surface area contributed by atoms with Crippen LogP contribution in [-0.4, -0.2) is 27.3 Å². The molecule has 0 unspecified atom stereocenters. The Morgan fingerprint density at radius 2 is 2.25 bits per heavy atom. The normalized spacial score (nSPS) is 12.3. The molecule has 0 saturated heterocycles. The second kappa shape index (κ2) is 7.45. The molecule has 108 valence electrons. The number of nitrogens with one attached hydrogen (secondary N) is 1. The van der Waals surface area contributed by atoms with Gasteiger partial charge in [-0.2, -0.15) is 5.10 Å². The lowest BCUT2D eigenvalue weighted by Crippen LogP contribution is -2.02. The minimum Gasteiger partial charge on any atom is -0.495 e. The third kappa shape index (κ3) is 4.35. The van der Waals surface area contributed by atoms with E-state index in [4.69, 9.17) is 16.3 Å². The third-order valence-electron chi connectivity index (χ3n) is 2.94. The molecule has 0 bridgehead atoms. The highest BCUT2D eigenvalue weighted by Crippen LogP contribution is 2.25. The van der Waals surface area contributed by atoms with Crippen LogP contribution in [0.3, 0.4) is 0 Å². The molecule has 0 saturated carbocycles. The van der Waals surface area contributed by atoms with Crippen LogP contribution in [0.1, 0.15) is 17.5 Å². The number of hydrogen-bond acceptors (Lipinski definition) is 3. The topological polar surface area (TPSA) is 55.0 Å². The van der Waals surface area contributed by atoms with Crippen molar-refractivity contribution in [3.05, 3.63) is 46.7 Å². The highest BCUT2D eigenvalue weighted by atomic mass is 35.5. The van der Waals surface area contributed by atoms with Gasteiger partial charge >= 0.3 is 0 Å². The van der Waals surface area contributed by atoms with Gasteiger partial charge in [0.2, 0.25) is 0 Å². The van der Waals surface area contributed by atoms with Gasteiger partial charge in [0.15, 0.2) is 0 Å². The van der Waals surface area contributed by atoms with E-state index in [1.807, 2.05) is 18.3 Å². The van der Waals surface area contributed by atoms with E-state index >= 15 is 0 Å². The van der Waals surface area contributed by atoms with Gasteiger partial charge in [-0.3, -0.25) is 9.31 Å². The van der Waals surface area contributed by atoms with E-state index in [1.54, 1.807) is 19.4 Å². The molecule has 0 spiro atoms. The molecular formula is C14H17ClN2O2S. The monoisotopic (exact) mass is 312 g/mol. The van der Waals surface area contributed by atoms with Gasteiger partial charge in [0, 0.05) is 28.5 Å². The highest BCUT2D eigenvalue weighted by molar-refractivity contribution is 7.84. The fourth-order valence-electron chi connectivity index (χ4n) is 1.91. The average molecular weight is 313 g/mol. The highest BCUT2D eigenvalue weighted by Gasteiger charge is 2.06. The Hall–Kier alpha value is -1.33. The summed E-state index contributed by atoms with van der Waals surface area (Å²) >= 11 is 6.05. The van der Waals surface area contributed by atoms with E-state index in [1.165, 1.54) is 0 Å². The van der Waals surface area contributed by atoms with Crippen molar-refractivity contribution >= 4 is 22.4 Å². The fraction of sp³-hybridized carbons (Fsp3) is 0.357. The van der Waals surface area contributed by atoms with Crippen LogP contribution in [0.2, 0.25) is 5.02 Å². The van der Waals surface area contributed by atoms with E-state index in [2.05, 4.69) is 10.2 Å². The molecule has 1 heterocycles. The first-order valence-corrected chi connectivity index (χ1v) is 8.20. The maximum atomic E-state index is 12.0. The Balaban J connectivity index is 1.80. The molecule has 2 rings (SSSR count). The quantitative estimate of drug-likeness (QED) is 0.855. The van der Waals surface area contributed by atoms with Crippen LogP contribution in [0.25, 0.3) is 0 Å². The molecule has 0 amide bonds. The van der Waals surface area contributed by atoms with Crippen molar-refractivity contribution in [1.29, 1.82) is 0 Å². The lowest BCUT2D eigenvalue weighted by atomic mass is 10.2. The summed E-state index contributed by atoms with van der Waals surface area (Å²) in [7, 11) is 0.699. The Labute approximate surface area is 126 Å². The van der Waals surface area contributed by atoms with Crippen LogP contribution in [0, 0.1) is 0 Å². The van der Waals surface area contributed by atoms with E-state index in [0.29, 0.717) is 22.3 Å². The summed E-state index contributed by atoms with van der Waals surface area (Å²) in [5.41, 5.74) is 2.12. The third-order valence-corrected chi connectivity index (χ3v) is 4.63. The lowest BCUT2D eigenvalue weighted by Gasteiger charge is -2.06. The number of rotatable bonds is 7. The lowest BCUT2D eigenvalue weighted by molar-refractivity contribution is 0.415. The van der Waals surface area contributed by atoms with Crippen molar-refractivity contribution in [2.45, 2.75) is 18.6 Å². The van der Waals surface area contributed by atoms with Crippen molar-refractivity contribution in [3.63, 3.8) is 0 Å². The molecule has 1 N–H and O–H groups in total. The van der Waals surface area contributed by atoms with Crippen LogP contribution in [-0.2, 0) is 23.0 Å². The van der Waals surface area contributed by atoms with E-state index in [9.17, 15) is 4.21 Å². The zero-order valence-corrected chi connectivity index (χ0v) is 12.8. The first kappa shape index (κ1) is 15.1. The van der Waals surface area contributed by atoms with Crippen LogP contribution in [0.15, 0.2) is 30.6 Å². The largest absolute Gasteiger partial charge is 0.495 e. The summed E-state index contributed by atoms with van der Waals surface area (Å²) in [5.74, 6) is 1.84. The van der Waals surface area contributed by atoms with Crippen molar-refractivity contribution in [3.8, 4) is 5.75 Å². The maximum absolute atomic E-state index is 12.0. The average Bonchev–Trinajstić information content (AvgIpc) is 2.92. The van der Waals surface area contributed by atoms with E-state index in [-0.39, 0.29) is 0 Å². The summed E-state index contributed by atoms with van der Waals surface area (Å²) < 4.78 is 17.1. The van der Waals surface area contributed by atoms with Crippen molar-refractivity contribution in [2.75, 3.05) is 12.9 Å². The van der Waals surface area contributed by atoms with Gasteiger partial charge in [0.25, 0.3) is 0 Å². The summed E-state index contributed by atoms with van der Waals surface area (Å²) in [6.07, 6.45) is 5.44. The zero-order chi connectivity index (χ0) is 14.4. The summed E-state index contributed by atoms with van der Waals surface area (Å²) in [6, 6.07) is 5.52. The predicted molar refractivity (Wildman–Crippen MR) is 81.6 cm³/mol. The minimum absolute atomic E-state index is 0.523. The van der Waals surface area contributed by atoms with Gasteiger partial charge in [-0.1, -0.05) is 17.7 Å². The standard InChI is InChI=1S/C14H17ClN2O2S/c1-19-14-5-4-11(7-13(14)15)10-20(18)6-2-3-12-8-16-17-9-12/h4-5,7-9H,2-3,6,10H2,1H3,(H,16,17)/t20-/m0/s1. The van der Waals surface area contributed by atoms with Gasteiger partial charge in [0.1, 0.15) is 5.75 Å². The van der Waals surface area contributed by atoms with Crippen LogP contribution in [0.5, 0.6) is 5.75 Å². The van der Waals surface area contributed by atoms with Gasteiger partial charge in [-0.25, -0.2) is 0 Å². The van der Waals surface area contributed by atoms with Crippen LogP contribution >= 0.6 is 11.6 Å². The van der Waals surface area contributed by atoms with Gasteiger partial charge in [-0.15, -0.1) is 0 Å². The molecule has 1 atom stereocenters. The van der Waals surface area contributed by atoms with Gasteiger partial charge in [0.05, 0.1) is 18.3 Å². The Morgan fingerprint density at radius 3 is 2.90 bits per heavy atom. The maximum Gasteiger partial charge on any atom is 0.137 e. The molecule has 1 aromatic heterocycles. The molecular weight excluding hydrogens is 296 g/mol. The molecule has 20 heavy (non-hydrogen) atoms. The van der Waals surface area contributed by atoms with Crippen molar-refractivity contribution in [2.24, 2.45) is 0 Å². The minimum atomic E-state index is -0.879. The second-order valence-electron chi connectivity index (χ2n) is 4.47. The Morgan fingerprint density at radius 1 is 1.40 bits per heavy atom. The van der Waals surface area contributed by atoms with Crippen LogP contribution < -0.4 is 4.74 Å². The van der Waals surface area contributed by atoms with Gasteiger partial charge < -0.3 is 4.74 Å². The number of aryl methyl sites for hydroxylation is 1. The molecule has 2 aromatic rings. The predicted octanol–water partition coefficient (Wildman–Crippen LogP) is 2.95. The number of aromatic amines is 1. The number of benzene rings is 1. The first-order valence-electron chi connectivity index (χ1n) is 6.34. The first-order chi connectivity index (χ1) is 9.69. The molecule has 0 radical (unpaired) electrons. The van der Waals surface area contributed by atoms with E-state index in [0.717, 1.165) is 24.0 Å². The second-order valence-corrected chi connectivity index (χ2v) is 6.45. The number of halogens is 1. The summed E-state index contributed by atoms with van der Waals surface area (Å²) in [5, 5.41) is 7.21. The van der Waals surface area contributed by atoms with Crippen molar-refractivity contribution < 1.29 is 8.95 Å². The smallest absolute Gasteiger partial charge is 0.137 e. The molecule has 0 fully saturated rings. The number of H-pyrrole nitrogens is 1. The number of aromatic nitrogens is 2. The molecule has 6 heteroatoms. The number of ether oxygens (including phenoxy) is 1. The number of nitrogens with zero attached hydrogens (tertiary/aromatic N) is 1. The summed E-state index contributed by atoms with van der Waals surface area (Å²) in [4.78, 5) is 0. The number of hydrogen-bond donors (Lipinski definition) is 1. The van der Waals surface area contributed by atoms with Crippen molar-refractivity contribution in [1.82, 2.24) is 10.2 Å². The molecule has 0 aliphatic rings. The molecule has 0 aliphatic carbocycles. The fourth-order valence-corrected chi connectivity index (χ4v) is 3.35.